The summed E-state index contributed by atoms with van der Waals surface area (Å²) in [5, 5.41) is 3.21. The van der Waals surface area contributed by atoms with Gasteiger partial charge in [0.15, 0.2) is 11.5 Å². The molecule has 0 saturated carbocycles. The van der Waals surface area contributed by atoms with E-state index in [9.17, 15) is 4.39 Å². The minimum absolute atomic E-state index is 0.108. The topological polar surface area (TPSA) is 30.5 Å². The first kappa shape index (κ1) is 14.4. The molecule has 3 nitrogen and oxygen atoms in total. The zero-order valence-corrected chi connectivity index (χ0v) is 13.1. The van der Waals surface area contributed by atoms with Gasteiger partial charge in [0.1, 0.15) is 19.0 Å². The molecule has 0 amide bonds. The third kappa shape index (κ3) is 2.89. The molecule has 3 rings (SSSR count). The average Bonchev–Trinajstić information content (AvgIpc) is 2.51. The fourth-order valence-corrected chi connectivity index (χ4v) is 2.70. The summed E-state index contributed by atoms with van der Waals surface area (Å²) in [5.74, 6) is 1.21. The molecule has 0 fully saturated rings. The van der Waals surface area contributed by atoms with Gasteiger partial charge in [-0.05, 0) is 58.4 Å². The summed E-state index contributed by atoms with van der Waals surface area (Å²) < 4.78 is 25.3. The third-order valence-corrected chi connectivity index (χ3v) is 4.11. The quantitative estimate of drug-likeness (QED) is 0.915. The first-order valence-electron chi connectivity index (χ1n) is 6.71. The Morgan fingerprint density at radius 3 is 2.43 bits per heavy atom. The second kappa shape index (κ2) is 6.03. The van der Waals surface area contributed by atoms with Crippen molar-refractivity contribution in [2.45, 2.75) is 6.04 Å². The summed E-state index contributed by atoms with van der Waals surface area (Å²) in [4.78, 5) is 0. The fraction of sp³-hybridized carbons (Fsp3) is 0.250. The molecule has 1 unspecified atom stereocenters. The normalized spacial score (nSPS) is 14.8. The van der Waals surface area contributed by atoms with Crippen molar-refractivity contribution in [2.75, 3.05) is 20.3 Å². The lowest BCUT2D eigenvalue weighted by molar-refractivity contribution is 0.171. The number of benzene rings is 2. The molecule has 0 aromatic heterocycles. The number of hydrogen-bond donors (Lipinski definition) is 1. The predicted molar refractivity (Wildman–Crippen MR) is 82.4 cm³/mol. The number of rotatable bonds is 3. The molecule has 2 aromatic carbocycles. The molecule has 1 heterocycles. The van der Waals surface area contributed by atoms with E-state index in [0.717, 1.165) is 22.6 Å². The van der Waals surface area contributed by atoms with E-state index in [2.05, 4.69) is 21.2 Å². The highest BCUT2D eigenvalue weighted by molar-refractivity contribution is 9.10. The third-order valence-electron chi connectivity index (χ3n) is 3.47. The van der Waals surface area contributed by atoms with Crippen molar-refractivity contribution in [1.29, 1.82) is 0 Å². The van der Waals surface area contributed by atoms with Crippen LogP contribution in [0, 0.1) is 5.82 Å². The molecule has 1 aliphatic rings. The molecule has 5 heteroatoms. The molecular formula is C16H15BrFNO2. The summed E-state index contributed by atoms with van der Waals surface area (Å²) >= 11 is 3.17. The minimum atomic E-state index is -0.273. The highest BCUT2D eigenvalue weighted by Gasteiger charge is 2.18. The summed E-state index contributed by atoms with van der Waals surface area (Å²) in [7, 11) is 1.85. The van der Waals surface area contributed by atoms with E-state index in [1.165, 1.54) is 6.07 Å². The Kier molecular flexibility index (Phi) is 4.12. The molecule has 0 spiro atoms. The molecule has 0 aliphatic carbocycles. The Labute approximate surface area is 131 Å². The van der Waals surface area contributed by atoms with Crippen LogP contribution in [0.25, 0.3) is 0 Å². The Bertz CT molecular complexity index is 663. The Morgan fingerprint density at radius 2 is 1.71 bits per heavy atom. The molecule has 2 aromatic rings. The van der Waals surface area contributed by atoms with E-state index in [4.69, 9.17) is 9.47 Å². The molecular weight excluding hydrogens is 337 g/mol. The standard InChI is InChI=1S/C16H15BrFNO2/c1-19-16(10-2-4-12(17)13(18)8-10)11-3-5-14-15(9-11)21-7-6-20-14/h2-5,8-9,16,19H,6-7H2,1H3. The Balaban J connectivity index is 1.97. The van der Waals surface area contributed by atoms with E-state index in [-0.39, 0.29) is 11.9 Å². The number of fused-ring (bicyclic) bond motifs is 1. The van der Waals surface area contributed by atoms with Gasteiger partial charge in [-0.15, -0.1) is 0 Å². The average molecular weight is 352 g/mol. The minimum Gasteiger partial charge on any atom is -0.486 e. The maximum atomic E-state index is 13.7. The van der Waals surface area contributed by atoms with Crippen LogP contribution in [-0.2, 0) is 0 Å². The van der Waals surface area contributed by atoms with E-state index < -0.39 is 0 Å². The summed E-state index contributed by atoms with van der Waals surface area (Å²) in [5.41, 5.74) is 1.86. The van der Waals surface area contributed by atoms with Crippen LogP contribution in [0.4, 0.5) is 4.39 Å². The number of halogens is 2. The Hall–Kier alpha value is -1.59. The smallest absolute Gasteiger partial charge is 0.161 e. The van der Waals surface area contributed by atoms with Gasteiger partial charge in [-0.2, -0.15) is 0 Å². The lowest BCUT2D eigenvalue weighted by atomic mass is 9.98. The lowest BCUT2D eigenvalue weighted by Gasteiger charge is -2.22. The van der Waals surface area contributed by atoms with Gasteiger partial charge in [0.05, 0.1) is 10.5 Å². The molecule has 1 atom stereocenters. The van der Waals surface area contributed by atoms with E-state index >= 15 is 0 Å². The maximum absolute atomic E-state index is 13.7. The second-order valence-corrected chi connectivity index (χ2v) is 5.65. The summed E-state index contributed by atoms with van der Waals surface area (Å²) in [6, 6.07) is 10.8. The van der Waals surface area contributed by atoms with Crippen molar-refractivity contribution < 1.29 is 13.9 Å². The van der Waals surface area contributed by atoms with Crippen LogP contribution < -0.4 is 14.8 Å². The highest BCUT2D eigenvalue weighted by atomic mass is 79.9. The summed E-state index contributed by atoms with van der Waals surface area (Å²) in [6.45, 7) is 1.12. The van der Waals surface area contributed by atoms with E-state index in [1.807, 2.05) is 31.3 Å². The van der Waals surface area contributed by atoms with E-state index in [1.54, 1.807) is 6.07 Å². The van der Waals surface area contributed by atoms with E-state index in [0.29, 0.717) is 17.7 Å². The van der Waals surface area contributed by atoms with Crippen LogP contribution in [-0.4, -0.2) is 20.3 Å². The second-order valence-electron chi connectivity index (χ2n) is 4.80. The molecule has 0 radical (unpaired) electrons. The predicted octanol–water partition coefficient (Wildman–Crippen LogP) is 3.67. The maximum Gasteiger partial charge on any atom is 0.161 e. The molecule has 0 saturated heterocycles. The number of hydrogen-bond acceptors (Lipinski definition) is 3. The van der Waals surface area contributed by atoms with Crippen molar-refractivity contribution in [3.8, 4) is 11.5 Å². The van der Waals surface area contributed by atoms with Crippen LogP contribution in [0.5, 0.6) is 11.5 Å². The van der Waals surface area contributed by atoms with Gasteiger partial charge in [-0.25, -0.2) is 4.39 Å². The SMILES string of the molecule is CNC(c1ccc(Br)c(F)c1)c1ccc2c(c1)OCCO2. The molecule has 110 valence electrons. The van der Waals surface area contributed by atoms with Crippen LogP contribution in [0.2, 0.25) is 0 Å². The Morgan fingerprint density at radius 1 is 1.05 bits per heavy atom. The highest BCUT2D eigenvalue weighted by Crippen LogP contribution is 2.34. The van der Waals surface area contributed by atoms with Crippen LogP contribution >= 0.6 is 15.9 Å². The molecule has 0 bridgehead atoms. The van der Waals surface area contributed by atoms with Gasteiger partial charge >= 0.3 is 0 Å². The van der Waals surface area contributed by atoms with Crippen molar-refractivity contribution >= 4 is 15.9 Å². The van der Waals surface area contributed by atoms with Gasteiger partial charge in [-0.3, -0.25) is 0 Å². The molecule has 1 N–H and O–H groups in total. The number of nitrogens with one attached hydrogen (secondary N) is 1. The van der Waals surface area contributed by atoms with Crippen molar-refractivity contribution in [1.82, 2.24) is 5.32 Å². The van der Waals surface area contributed by atoms with Crippen LogP contribution in [0.15, 0.2) is 40.9 Å². The zero-order valence-electron chi connectivity index (χ0n) is 11.5. The van der Waals surface area contributed by atoms with Gasteiger partial charge < -0.3 is 14.8 Å². The van der Waals surface area contributed by atoms with Crippen molar-refractivity contribution in [2.24, 2.45) is 0 Å². The van der Waals surface area contributed by atoms with Gasteiger partial charge in [0.2, 0.25) is 0 Å². The van der Waals surface area contributed by atoms with Crippen LogP contribution in [0.3, 0.4) is 0 Å². The number of ether oxygens (including phenoxy) is 2. The van der Waals surface area contributed by atoms with Gasteiger partial charge in [0, 0.05) is 0 Å². The van der Waals surface area contributed by atoms with Gasteiger partial charge in [-0.1, -0.05) is 12.1 Å². The monoisotopic (exact) mass is 351 g/mol. The first-order chi connectivity index (χ1) is 10.2. The largest absolute Gasteiger partial charge is 0.486 e. The van der Waals surface area contributed by atoms with Crippen molar-refractivity contribution in [3.63, 3.8) is 0 Å². The lowest BCUT2D eigenvalue weighted by Crippen LogP contribution is -2.19. The van der Waals surface area contributed by atoms with Gasteiger partial charge in [0.25, 0.3) is 0 Å². The molecule has 21 heavy (non-hydrogen) atoms. The zero-order chi connectivity index (χ0) is 14.8. The summed E-state index contributed by atoms with van der Waals surface area (Å²) in [6.07, 6.45) is 0. The molecule has 1 aliphatic heterocycles. The van der Waals surface area contributed by atoms with Crippen LogP contribution in [0.1, 0.15) is 17.2 Å². The fourth-order valence-electron chi connectivity index (χ4n) is 2.46. The first-order valence-corrected chi connectivity index (χ1v) is 7.50. The van der Waals surface area contributed by atoms with Crippen molar-refractivity contribution in [3.05, 3.63) is 57.8 Å².